The van der Waals surface area contributed by atoms with Crippen molar-refractivity contribution in [2.24, 2.45) is 5.92 Å². The molecule has 5 rings (SSSR count). The molecule has 0 unspecified atom stereocenters. The van der Waals surface area contributed by atoms with Crippen molar-refractivity contribution in [2.75, 3.05) is 32.9 Å². The van der Waals surface area contributed by atoms with Gasteiger partial charge in [0.2, 0.25) is 0 Å². The van der Waals surface area contributed by atoms with Gasteiger partial charge in [-0.15, -0.1) is 0 Å². The van der Waals surface area contributed by atoms with E-state index in [1.807, 2.05) is 48.5 Å². The predicted octanol–water partition coefficient (Wildman–Crippen LogP) is 6.30. The van der Waals surface area contributed by atoms with E-state index in [0.717, 1.165) is 64.3 Å². The predicted molar refractivity (Wildman–Crippen MR) is 139 cm³/mol. The van der Waals surface area contributed by atoms with Crippen LogP contribution in [-0.2, 0) is 0 Å². The number of aromatic nitrogens is 1. The second-order valence-corrected chi connectivity index (χ2v) is 9.08. The van der Waals surface area contributed by atoms with E-state index in [9.17, 15) is 9.65 Å². The largest absolute Gasteiger partial charge is 0.492 e. The molecule has 1 N–H and O–H groups in total. The minimum Gasteiger partial charge on any atom is -0.492 e. The van der Waals surface area contributed by atoms with Gasteiger partial charge in [-0.25, -0.2) is 0 Å². The Labute approximate surface area is 205 Å². The summed E-state index contributed by atoms with van der Waals surface area (Å²) in [5.41, 5.74) is 6.77. The van der Waals surface area contributed by atoms with Crippen molar-refractivity contribution >= 4 is 22.0 Å². The third-order valence-electron chi connectivity index (χ3n) is 6.70. The Hall–Kier alpha value is -3.88. The van der Waals surface area contributed by atoms with Gasteiger partial charge in [0.15, 0.2) is 0 Å². The van der Waals surface area contributed by atoms with Crippen LogP contribution in [-0.4, -0.2) is 42.8 Å². The third kappa shape index (κ3) is 4.84. The van der Waals surface area contributed by atoms with E-state index >= 15 is 0 Å². The molecule has 1 aliphatic heterocycles. The molecule has 4 nitrogen and oxygen atoms in total. The van der Waals surface area contributed by atoms with Crippen LogP contribution in [0, 0.1) is 17.2 Å². The summed E-state index contributed by atoms with van der Waals surface area (Å²) in [6.07, 6.45) is 0. The fourth-order valence-electron chi connectivity index (χ4n) is 4.79. The first-order chi connectivity index (χ1) is 17.2. The maximum absolute atomic E-state index is 12.6. The topological polar surface area (TPSA) is 52.0 Å². The van der Waals surface area contributed by atoms with E-state index in [-0.39, 0.29) is 12.6 Å². The first-order valence-electron chi connectivity index (χ1n) is 12.0. The number of hydrogen-bond acceptors (Lipinski definition) is 3. The molecule has 4 aromatic rings. The number of halogens is 1. The number of aromatic amines is 1. The van der Waals surface area contributed by atoms with Crippen LogP contribution in [0.25, 0.3) is 22.0 Å². The molecule has 35 heavy (non-hydrogen) atoms. The number of nitrogens with zero attached hydrogens (tertiary/aromatic N) is 2. The van der Waals surface area contributed by atoms with E-state index in [4.69, 9.17) is 4.74 Å². The zero-order valence-electron chi connectivity index (χ0n) is 19.8. The number of benzene rings is 3. The second-order valence-electron chi connectivity index (χ2n) is 9.08. The van der Waals surface area contributed by atoms with Crippen LogP contribution in [0.5, 0.6) is 5.75 Å². The highest BCUT2D eigenvalue weighted by Crippen LogP contribution is 2.35. The van der Waals surface area contributed by atoms with E-state index in [2.05, 4.69) is 53.2 Å². The molecule has 2 heterocycles. The minimum atomic E-state index is -0.233. The molecule has 1 fully saturated rings. The lowest BCUT2D eigenvalue weighted by atomic mass is 9.91. The number of para-hydroxylation sites is 1. The van der Waals surface area contributed by atoms with Crippen molar-refractivity contribution in [1.82, 2.24) is 9.88 Å². The van der Waals surface area contributed by atoms with Crippen LogP contribution in [0.2, 0.25) is 0 Å². The maximum atomic E-state index is 12.6. The number of fused-ring (bicyclic) bond motifs is 1. The third-order valence-corrected chi connectivity index (χ3v) is 6.70. The van der Waals surface area contributed by atoms with Crippen molar-refractivity contribution < 1.29 is 9.13 Å². The van der Waals surface area contributed by atoms with Crippen LogP contribution in [0.4, 0.5) is 4.39 Å². The molecule has 0 bridgehead atoms. The van der Waals surface area contributed by atoms with Crippen LogP contribution in [0.15, 0.2) is 78.9 Å². The Kier molecular flexibility index (Phi) is 6.65. The van der Waals surface area contributed by atoms with Crippen molar-refractivity contribution in [3.05, 3.63) is 101 Å². The minimum absolute atomic E-state index is 0.193. The molecule has 1 saturated heterocycles. The maximum Gasteiger partial charge on any atom is 0.119 e. The van der Waals surface area contributed by atoms with Gasteiger partial charge < -0.3 is 9.72 Å². The Morgan fingerprint density at radius 2 is 1.80 bits per heavy atom. The fourth-order valence-corrected chi connectivity index (χ4v) is 4.79. The van der Waals surface area contributed by atoms with Crippen molar-refractivity contribution in [3.8, 4) is 11.8 Å². The summed E-state index contributed by atoms with van der Waals surface area (Å²) >= 11 is 0. The van der Waals surface area contributed by atoms with Crippen molar-refractivity contribution in [1.29, 1.82) is 5.26 Å². The average molecular weight is 466 g/mol. The van der Waals surface area contributed by atoms with Crippen molar-refractivity contribution in [2.45, 2.75) is 6.92 Å². The molecule has 0 amide bonds. The average Bonchev–Trinajstić information content (AvgIpc) is 3.30. The molecule has 3 aromatic carbocycles. The molecule has 0 saturated carbocycles. The Morgan fingerprint density at radius 3 is 2.54 bits per heavy atom. The highest BCUT2D eigenvalue weighted by atomic mass is 19.1. The molecule has 1 aliphatic rings. The quantitative estimate of drug-likeness (QED) is 0.311. The summed E-state index contributed by atoms with van der Waals surface area (Å²) in [6, 6.07) is 28.5. The molecular weight excluding hydrogens is 437 g/mol. The molecule has 5 heteroatoms. The van der Waals surface area contributed by atoms with E-state index in [0.29, 0.717) is 12.2 Å². The van der Waals surface area contributed by atoms with E-state index in [1.165, 1.54) is 0 Å². The van der Waals surface area contributed by atoms with Crippen LogP contribution < -0.4 is 4.74 Å². The van der Waals surface area contributed by atoms with Crippen LogP contribution in [0.3, 0.4) is 0 Å². The number of likely N-dealkylation sites (tertiary alicyclic amines) is 1. The van der Waals surface area contributed by atoms with Gasteiger partial charge in [-0.1, -0.05) is 48.5 Å². The van der Waals surface area contributed by atoms with Gasteiger partial charge in [-0.3, -0.25) is 9.29 Å². The first-order valence-corrected chi connectivity index (χ1v) is 12.0. The molecule has 0 spiro atoms. The zero-order chi connectivity index (χ0) is 24.2. The summed E-state index contributed by atoms with van der Waals surface area (Å²) in [6.45, 7) is 4.87. The summed E-state index contributed by atoms with van der Waals surface area (Å²) in [4.78, 5) is 5.77. The fraction of sp³-hybridized carbons (Fsp3) is 0.233. The molecule has 0 aliphatic carbocycles. The number of nitriles is 1. The number of alkyl halides is 1. The van der Waals surface area contributed by atoms with E-state index < -0.39 is 0 Å². The summed E-state index contributed by atoms with van der Waals surface area (Å²) < 4.78 is 18.6. The van der Waals surface area contributed by atoms with Gasteiger partial charge in [-0.2, -0.15) is 5.26 Å². The Morgan fingerprint density at radius 1 is 1.06 bits per heavy atom. The lowest BCUT2D eigenvalue weighted by Gasteiger charge is -2.37. The van der Waals surface area contributed by atoms with Gasteiger partial charge in [0, 0.05) is 47.7 Å². The number of ether oxygens (including phenoxy) is 1. The standard InChI is InChI=1S/C30H28FN3O/c1-21(27-8-4-2-7-25(27)18-32)30(29-16-24-6-3-5-9-28(24)33-29)23-10-12-26(13-11-23)35-15-14-34-19-22(17-31)20-34/h2-13,16,22,33H,14-15,17,19-20H2,1H3/b30-21+. The van der Waals surface area contributed by atoms with Gasteiger partial charge in [-0.05, 0) is 54.0 Å². The highest BCUT2D eigenvalue weighted by Gasteiger charge is 2.25. The summed E-state index contributed by atoms with van der Waals surface area (Å²) in [5.74, 6) is 1.00. The number of H-pyrrole nitrogens is 1. The lowest BCUT2D eigenvalue weighted by Crippen LogP contribution is -2.49. The smallest absolute Gasteiger partial charge is 0.119 e. The Bertz CT molecular complexity index is 1360. The molecule has 1 aromatic heterocycles. The van der Waals surface area contributed by atoms with Gasteiger partial charge in [0.25, 0.3) is 0 Å². The number of rotatable bonds is 8. The number of nitrogens with one attached hydrogen (secondary N) is 1. The van der Waals surface area contributed by atoms with Gasteiger partial charge in [0.1, 0.15) is 12.4 Å². The highest BCUT2D eigenvalue weighted by molar-refractivity contribution is 6.00. The SMILES string of the molecule is C/C(=C(/c1ccc(OCCN2CC(CF)C2)cc1)c1cc2ccccc2[nH]1)c1ccccc1C#N. The normalized spacial score (nSPS) is 14.9. The van der Waals surface area contributed by atoms with Crippen molar-refractivity contribution in [3.63, 3.8) is 0 Å². The van der Waals surface area contributed by atoms with Gasteiger partial charge >= 0.3 is 0 Å². The number of allylic oxidation sites excluding steroid dienone is 1. The summed E-state index contributed by atoms with van der Waals surface area (Å²) in [7, 11) is 0. The summed E-state index contributed by atoms with van der Waals surface area (Å²) in [5, 5.41) is 10.8. The first kappa shape index (κ1) is 22.9. The second kappa shape index (κ2) is 10.2. The van der Waals surface area contributed by atoms with Crippen LogP contribution >= 0.6 is 0 Å². The van der Waals surface area contributed by atoms with Gasteiger partial charge in [0.05, 0.1) is 18.3 Å². The number of hydrogen-bond donors (Lipinski definition) is 1. The molecule has 0 atom stereocenters. The molecule has 176 valence electrons. The van der Waals surface area contributed by atoms with E-state index in [1.54, 1.807) is 0 Å². The Balaban J connectivity index is 1.45. The molecular formula is C30H28FN3O. The lowest BCUT2D eigenvalue weighted by molar-refractivity contribution is 0.0668. The zero-order valence-corrected chi connectivity index (χ0v) is 19.8. The molecule has 0 radical (unpaired) electrons. The van der Waals surface area contributed by atoms with Crippen LogP contribution in [0.1, 0.15) is 29.3 Å². The monoisotopic (exact) mass is 465 g/mol.